The lowest BCUT2D eigenvalue weighted by Crippen LogP contribution is -2.28. The maximum Gasteiger partial charge on any atom is 0.271 e. The van der Waals surface area contributed by atoms with Crippen LogP contribution in [0.3, 0.4) is 0 Å². The fraction of sp³-hybridized carbons (Fsp3) is 0.409. The van der Waals surface area contributed by atoms with Gasteiger partial charge in [0.1, 0.15) is 17.4 Å². The quantitative estimate of drug-likeness (QED) is 0.515. The summed E-state index contributed by atoms with van der Waals surface area (Å²) >= 11 is 0. The molecule has 0 saturated carbocycles. The van der Waals surface area contributed by atoms with Crippen molar-refractivity contribution >= 4 is 5.78 Å². The lowest BCUT2D eigenvalue weighted by Gasteiger charge is -2.16. The Kier molecular flexibility index (Phi) is 7.57. The highest BCUT2D eigenvalue weighted by Crippen LogP contribution is 2.23. The second kappa shape index (κ2) is 9.89. The van der Waals surface area contributed by atoms with E-state index in [9.17, 15) is 20.0 Å². The molecule has 0 saturated heterocycles. The van der Waals surface area contributed by atoms with Crippen LogP contribution < -0.4 is 10.3 Å². The van der Waals surface area contributed by atoms with Gasteiger partial charge in [-0.3, -0.25) is 14.2 Å². The summed E-state index contributed by atoms with van der Waals surface area (Å²) in [7, 11) is 0. The minimum atomic E-state index is -0.620. The number of hydrogen-bond acceptors (Lipinski definition) is 6. The molecule has 0 aliphatic carbocycles. The van der Waals surface area contributed by atoms with Crippen molar-refractivity contribution in [1.29, 1.82) is 5.26 Å². The highest BCUT2D eigenvalue weighted by atomic mass is 16.5. The first-order chi connectivity index (χ1) is 13.8. The third kappa shape index (κ3) is 5.24. The molecule has 0 bridgehead atoms. The van der Waals surface area contributed by atoms with Crippen LogP contribution in [0, 0.1) is 32.1 Å². The van der Waals surface area contributed by atoms with E-state index in [1.54, 1.807) is 0 Å². The molecule has 2 rings (SSSR count). The number of ketones is 1. The van der Waals surface area contributed by atoms with Crippen LogP contribution in [0.1, 0.15) is 46.0 Å². The van der Waals surface area contributed by atoms with Gasteiger partial charge in [-0.2, -0.15) is 5.26 Å². The van der Waals surface area contributed by atoms with Gasteiger partial charge >= 0.3 is 0 Å². The van der Waals surface area contributed by atoms with Crippen molar-refractivity contribution in [2.75, 3.05) is 19.8 Å². The van der Waals surface area contributed by atoms with E-state index in [4.69, 9.17) is 9.47 Å². The molecule has 0 atom stereocenters. The first-order valence-corrected chi connectivity index (χ1v) is 9.48. The topological polar surface area (TPSA) is 102 Å². The van der Waals surface area contributed by atoms with Crippen LogP contribution in [0.15, 0.2) is 23.0 Å². The molecule has 29 heavy (non-hydrogen) atoms. The average Bonchev–Trinajstić information content (AvgIpc) is 2.65. The maximum atomic E-state index is 12.8. The Hall–Kier alpha value is -3.11. The van der Waals surface area contributed by atoms with E-state index in [0.29, 0.717) is 25.4 Å². The molecular formula is C22H26N2O5. The van der Waals surface area contributed by atoms with Gasteiger partial charge in [0.15, 0.2) is 6.61 Å². The Morgan fingerprint density at radius 2 is 1.86 bits per heavy atom. The van der Waals surface area contributed by atoms with Gasteiger partial charge in [-0.15, -0.1) is 0 Å². The van der Waals surface area contributed by atoms with Crippen LogP contribution in [0.4, 0.5) is 0 Å². The normalized spacial score (nSPS) is 10.6. The van der Waals surface area contributed by atoms with Crippen LogP contribution in [-0.2, 0) is 11.3 Å². The van der Waals surface area contributed by atoms with Crippen LogP contribution in [0.25, 0.3) is 0 Å². The molecule has 2 aromatic rings. The molecule has 1 aromatic heterocycles. The van der Waals surface area contributed by atoms with Crippen molar-refractivity contribution in [3.05, 3.63) is 56.4 Å². The first-order valence-electron chi connectivity index (χ1n) is 9.48. The van der Waals surface area contributed by atoms with Gasteiger partial charge < -0.3 is 14.6 Å². The summed E-state index contributed by atoms with van der Waals surface area (Å²) in [6.45, 7) is 7.94. The molecule has 1 heterocycles. The lowest BCUT2D eigenvalue weighted by atomic mass is 10.0. The highest BCUT2D eigenvalue weighted by molar-refractivity contribution is 6.01. The van der Waals surface area contributed by atoms with E-state index >= 15 is 0 Å². The van der Waals surface area contributed by atoms with Gasteiger partial charge in [0, 0.05) is 19.8 Å². The molecule has 1 N–H and O–H groups in total. The Balaban J connectivity index is 2.33. The summed E-state index contributed by atoms with van der Waals surface area (Å²) in [6.07, 6.45) is 0.460. The number of aromatic nitrogens is 1. The number of benzene rings is 1. The summed E-state index contributed by atoms with van der Waals surface area (Å²) in [5.41, 5.74) is 1.31. The number of Topliss-reactive ketones (excluding diaryl/α,β-unsaturated/α-hetero) is 1. The lowest BCUT2D eigenvalue weighted by molar-refractivity contribution is 0.0916. The zero-order valence-corrected chi connectivity index (χ0v) is 17.2. The summed E-state index contributed by atoms with van der Waals surface area (Å²) in [6, 6.07) is 7.45. The third-order valence-corrected chi connectivity index (χ3v) is 4.52. The maximum absolute atomic E-state index is 12.8. The number of aryl methyl sites for hydroxylation is 2. The summed E-state index contributed by atoms with van der Waals surface area (Å²) in [5.74, 6) is -0.412. The van der Waals surface area contributed by atoms with Crippen molar-refractivity contribution in [3.63, 3.8) is 0 Å². The molecule has 0 aliphatic rings. The van der Waals surface area contributed by atoms with Crippen molar-refractivity contribution < 1.29 is 19.4 Å². The molecule has 0 unspecified atom stereocenters. The second-order valence-electron chi connectivity index (χ2n) is 6.85. The molecule has 0 amide bonds. The van der Waals surface area contributed by atoms with Crippen LogP contribution in [0.5, 0.6) is 11.6 Å². The molecule has 1 aromatic carbocycles. The smallest absolute Gasteiger partial charge is 0.271 e. The molecule has 0 spiro atoms. The average molecular weight is 398 g/mol. The predicted molar refractivity (Wildman–Crippen MR) is 109 cm³/mol. The van der Waals surface area contributed by atoms with E-state index in [2.05, 4.69) is 0 Å². The van der Waals surface area contributed by atoms with E-state index in [0.717, 1.165) is 15.7 Å². The molecule has 0 aliphatic heterocycles. The number of nitrogens with zero attached hydrogens (tertiary/aromatic N) is 2. The number of carbonyl (C=O) groups excluding carboxylic acids is 1. The van der Waals surface area contributed by atoms with Crippen molar-refractivity contribution in [1.82, 2.24) is 4.57 Å². The largest absolute Gasteiger partial charge is 0.494 e. The Labute approximate surface area is 170 Å². The molecule has 154 valence electrons. The predicted octanol–water partition coefficient (Wildman–Crippen LogP) is 3.04. The van der Waals surface area contributed by atoms with E-state index < -0.39 is 17.2 Å². The minimum Gasteiger partial charge on any atom is -0.494 e. The highest BCUT2D eigenvalue weighted by Gasteiger charge is 2.24. The first kappa shape index (κ1) is 22.2. The van der Waals surface area contributed by atoms with Crippen LogP contribution in [-0.4, -0.2) is 35.3 Å². The number of carbonyl (C=O) groups is 1. The van der Waals surface area contributed by atoms with Crippen LogP contribution >= 0.6 is 0 Å². The summed E-state index contributed by atoms with van der Waals surface area (Å²) in [4.78, 5) is 25.3. The Bertz CT molecular complexity index is 981. The number of hydrogen-bond donors (Lipinski definition) is 1. The standard InChI is InChI=1S/C22H26N2O5/c1-5-28-8-6-7-24-21(26)18(12-23)16(4)20(22(24)27)19(25)13-29-17-10-14(2)9-15(3)11-17/h9-11,27H,5-8,13H2,1-4H3. The number of rotatable bonds is 9. The fourth-order valence-corrected chi connectivity index (χ4v) is 3.20. The Morgan fingerprint density at radius 1 is 1.21 bits per heavy atom. The zero-order chi connectivity index (χ0) is 21.6. The number of aromatic hydroxyl groups is 1. The SMILES string of the molecule is CCOCCCn1c(O)c(C(=O)COc2cc(C)cc(C)c2)c(C)c(C#N)c1=O. The molecule has 7 heteroatoms. The van der Waals surface area contributed by atoms with Gasteiger partial charge in [-0.1, -0.05) is 6.07 Å². The van der Waals surface area contributed by atoms with Crippen LogP contribution in [0.2, 0.25) is 0 Å². The zero-order valence-electron chi connectivity index (χ0n) is 17.2. The number of ether oxygens (including phenoxy) is 2. The molecule has 7 nitrogen and oxygen atoms in total. The van der Waals surface area contributed by atoms with Gasteiger partial charge in [0.05, 0.1) is 5.56 Å². The van der Waals surface area contributed by atoms with E-state index in [1.807, 2.05) is 45.0 Å². The monoisotopic (exact) mass is 398 g/mol. The Morgan fingerprint density at radius 3 is 2.45 bits per heavy atom. The summed E-state index contributed by atoms with van der Waals surface area (Å²) < 4.78 is 11.9. The van der Waals surface area contributed by atoms with Crippen molar-refractivity contribution in [2.24, 2.45) is 0 Å². The van der Waals surface area contributed by atoms with Gasteiger partial charge in [-0.25, -0.2) is 0 Å². The summed E-state index contributed by atoms with van der Waals surface area (Å²) in [5, 5.41) is 20.0. The number of pyridine rings is 1. The van der Waals surface area contributed by atoms with Crippen molar-refractivity contribution in [2.45, 2.75) is 40.7 Å². The molecule has 0 radical (unpaired) electrons. The van der Waals surface area contributed by atoms with E-state index in [1.165, 1.54) is 6.92 Å². The molecule has 0 fully saturated rings. The van der Waals surface area contributed by atoms with Gasteiger partial charge in [-0.05, 0) is 62.9 Å². The second-order valence-corrected chi connectivity index (χ2v) is 6.85. The van der Waals surface area contributed by atoms with Gasteiger partial charge in [0.2, 0.25) is 11.7 Å². The minimum absolute atomic E-state index is 0.0677. The fourth-order valence-electron chi connectivity index (χ4n) is 3.20. The van der Waals surface area contributed by atoms with E-state index in [-0.39, 0.29) is 29.8 Å². The molecular weight excluding hydrogens is 372 g/mol. The van der Waals surface area contributed by atoms with Crippen molar-refractivity contribution in [3.8, 4) is 17.7 Å². The third-order valence-electron chi connectivity index (χ3n) is 4.52. The number of nitriles is 1. The van der Waals surface area contributed by atoms with Gasteiger partial charge in [0.25, 0.3) is 5.56 Å².